The van der Waals surface area contributed by atoms with Crippen LogP contribution in [-0.4, -0.2) is 51.0 Å². The molecule has 25 heavy (non-hydrogen) atoms. The first-order valence-electron chi connectivity index (χ1n) is 8.55. The fourth-order valence-electron chi connectivity index (χ4n) is 2.75. The smallest absolute Gasteiger partial charge is 0.410 e. The maximum Gasteiger partial charge on any atom is 0.410 e. The molecule has 2 aromatic rings. The number of carbonyl (C=O) groups excluding carboxylic acids is 1. The van der Waals surface area contributed by atoms with Crippen LogP contribution in [-0.2, 0) is 11.3 Å². The van der Waals surface area contributed by atoms with Gasteiger partial charge in [-0.1, -0.05) is 18.2 Å². The summed E-state index contributed by atoms with van der Waals surface area (Å²) in [6, 6.07) is 10.0. The second kappa shape index (κ2) is 7.23. The highest BCUT2D eigenvalue weighted by Gasteiger charge is 2.33. The Morgan fingerprint density at radius 2 is 2.00 bits per heavy atom. The number of nitrogens with one attached hydrogen (secondary N) is 1. The molecule has 7 heteroatoms. The van der Waals surface area contributed by atoms with Crippen molar-refractivity contribution < 1.29 is 9.53 Å². The van der Waals surface area contributed by atoms with Crippen molar-refractivity contribution in [3.05, 3.63) is 42.5 Å². The zero-order valence-electron chi connectivity index (χ0n) is 15.0. The van der Waals surface area contributed by atoms with Crippen molar-refractivity contribution in [2.45, 2.75) is 32.9 Å². The molecule has 1 aromatic carbocycles. The van der Waals surface area contributed by atoms with Gasteiger partial charge >= 0.3 is 6.09 Å². The Bertz CT molecular complexity index is 702. The third kappa shape index (κ3) is 4.57. The quantitative estimate of drug-likeness (QED) is 0.901. The molecule has 134 valence electrons. The number of hydrogen-bond donors (Lipinski definition) is 1. The van der Waals surface area contributed by atoms with Crippen LogP contribution < -0.4 is 5.32 Å². The van der Waals surface area contributed by atoms with E-state index in [9.17, 15) is 4.79 Å². The third-order valence-corrected chi connectivity index (χ3v) is 3.98. The number of ether oxygens (including phenoxy) is 1. The van der Waals surface area contributed by atoms with Gasteiger partial charge in [-0.25, -0.2) is 4.79 Å². The van der Waals surface area contributed by atoms with Crippen LogP contribution >= 0.6 is 0 Å². The predicted molar refractivity (Wildman–Crippen MR) is 94.4 cm³/mol. The summed E-state index contributed by atoms with van der Waals surface area (Å²) in [6.07, 6.45) is 1.49. The van der Waals surface area contributed by atoms with E-state index in [1.165, 1.54) is 0 Å². The number of nitrogens with zero attached hydrogens (tertiary/aromatic N) is 4. The molecule has 0 aliphatic carbocycles. The Morgan fingerprint density at radius 1 is 1.28 bits per heavy atom. The molecule has 1 saturated heterocycles. The second-order valence-electron chi connectivity index (χ2n) is 7.33. The molecule has 1 fully saturated rings. The Kier molecular flexibility index (Phi) is 5.03. The summed E-state index contributed by atoms with van der Waals surface area (Å²) in [6.45, 7) is 8.57. The number of likely N-dealkylation sites (tertiary alicyclic amines) is 1. The highest BCUT2D eigenvalue weighted by Crippen LogP contribution is 2.19. The van der Waals surface area contributed by atoms with Gasteiger partial charge in [0, 0.05) is 31.2 Å². The summed E-state index contributed by atoms with van der Waals surface area (Å²) in [5.41, 5.74) is 0.603. The zero-order chi connectivity index (χ0) is 17.9. The van der Waals surface area contributed by atoms with Crippen LogP contribution in [0.3, 0.4) is 0 Å². The van der Waals surface area contributed by atoms with E-state index < -0.39 is 5.60 Å². The van der Waals surface area contributed by atoms with Crippen LogP contribution in [0.5, 0.6) is 0 Å². The van der Waals surface area contributed by atoms with Crippen LogP contribution in [0.4, 0.5) is 4.79 Å². The molecule has 0 unspecified atom stereocenters. The average molecular weight is 343 g/mol. The largest absolute Gasteiger partial charge is 0.444 e. The number of hydrogen-bond acceptors (Lipinski definition) is 5. The van der Waals surface area contributed by atoms with Gasteiger partial charge in [0.15, 0.2) is 5.82 Å². The van der Waals surface area contributed by atoms with Crippen molar-refractivity contribution in [2.75, 3.05) is 19.6 Å². The van der Waals surface area contributed by atoms with Gasteiger partial charge in [-0.3, -0.25) is 4.57 Å². The molecular weight excluding hydrogens is 318 g/mol. The summed E-state index contributed by atoms with van der Waals surface area (Å²) in [5.74, 6) is 1.31. The molecular formula is C18H25N5O2. The summed E-state index contributed by atoms with van der Waals surface area (Å²) >= 11 is 0. The van der Waals surface area contributed by atoms with Gasteiger partial charge in [0.1, 0.15) is 11.9 Å². The minimum Gasteiger partial charge on any atom is -0.444 e. The maximum atomic E-state index is 11.9. The molecule has 0 radical (unpaired) electrons. The van der Waals surface area contributed by atoms with Crippen molar-refractivity contribution in [2.24, 2.45) is 5.92 Å². The summed E-state index contributed by atoms with van der Waals surface area (Å²) in [7, 11) is 0. The molecule has 1 amide bonds. The van der Waals surface area contributed by atoms with Gasteiger partial charge in [-0.15, -0.1) is 10.2 Å². The number of amides is 1. The second-order valence-corrected chi connectivity index (χ2v) is 7.33. The van der Waals surface area contributed by atoms with Crippen LogP contribution in [0, 0.1) is 5.92 Å². The maximum absolute atomic E-state index is 11.9. The molecule has 3 rings (SSSR count). The van der Waals surface area contributed by atoms with Crippen molar-refractivity contribution in [3.8, 4) is 5.69 Å². The van der Waals surface area contributed by atoms with Crippen molar-refractivity contribution in [3.63, 3.8) is 0 Å². The first-order valence-corrected chi connectivity index (χ1v) is 8.55. The van der Waals surface area contributed by atoms with Crippen molar-refractivity contribution in [1.82, 2.24) is 25.0 Å². The van der Waals surface area contributed by atoms with E-state index in [0.29, 0.717) is 12.5 Å². The lowest BCUT2D eigenvalue weighted by atomic mass is 10.0. The summed E-state index contributed by atoms with van der Waals surface area (Å²) < 4.78 is 7.34. The number of aromatic nitrogens is 3. The first-order chi connectivity index (χ1) is 11.9. The zero-order valence-corrected chi connectivity index (χ0v) is 15.0. The topological polar surface area (TPSA) is 72.3 Å². The Morgan fingerprint density at radius 3 is 2.68 bits per heavy atom. The number of benzene rings is 1. The van der Waals surface area contributed by atoms with Crippen LogP contribution in [0.25, 0.3) is 5.69 Å². The molecule has 2 heterocycles. The Hall–Kier alpha value is -2.41. The molecule has 0 saturated carbocycles. The van der Waals surface area contributed by atoms with Gasteiger partial charge in [0.25, 0.3) is 0 Å². The average Bonchev–Trinajstić information content (AvgIpc) is 2.97. The molecule has 1 aliphatic rings. The van der Waals surface area contributed by atoms with E-state index in [0.717, 1.165) is 31.1 Å². The van der Waals surface area contributed by atoms with E-state index in [2.05, 4.69) is 15.5 Å². The normalized spacial score (nSPS) is 15.1. The van der Waals surface area contributed by atoms with Crippen LogP contribution in [0.15, 0.2) is 36.7 Å². The van der Waals surface area contributed by atoms with Crippen LogP contribution in [0.2, 0.25) is 0 Å². The van der Waals surface area contributed by atoms with E-state index in [-0.39, 0.29) is 6.09 Å². The first kappa shape index (κ1) is 17.4. The number of carbonyl (C=O) groups is 1. The minimum absolute atomic E-state index is 0.229. The van der Waals surface area contributed by atoms with E-state index in [1.54, 1.807) is 11.2 Å². The summed E-state index contributed by atoms with van der Waals surface area (Å²) in [4.78, 5) is 13.7. The van der Waals surface area contributed by atoms with Crippen molar-refractivity contribution >= 4 is 6.09 Å². The monoisotopic (exact) mass is 343 g/mol. The van der Waals surface area contributed by atoms with Gasteiger partial charge in [-0.05, 0) is 32.9 Å². The van der Waals surface area contributed by atoms with E-state index in [4.69, 9.17) is 4.74 Å². The lowest BCUT2D eigenvalue weighted by Crippen LogP contribution is -2.54. The fraction of sp³-hybridized carbons (Fsp3) is 0.500. The SMILES string of the molecule is CC(C)(C)OC(=O)N1CC(CNCc2nncn2-c2ccccc2)C1. The van der Waals surface area contributed by atoms with E-state index >= 15 is 0 Å². The summed E-state index contributed by atoms with van der Waals surface area (Å²) in [5, 5.41) is 11.6. The lowest BCUT2D eigenvalue weighted by Gasteiger charge is -2.39. The van der Waals surface area contributed by atoms with Gasteiger partial charge < -0.3 is 15.0 Å². The van der Waals surface area contributed by atoms with Gasteiger partial charge in [-0.2, -0.15) is 0 Å². The standard InChI is InChI=1S/C18H25N5O2/c1-18(2,3)25-17(24)22-11-14(12-22)9-19-10-16-21-20-13-23(16)15-7-5-4-6-8-15/h4-8,13-14,19H,9-12H2,1-3H3. The molecule has 1 aliphatic heterocycles. The molecule has 1 aromatic heterocycles. The molecule has 0 bridgehead atoms. The van der Waals surface area contributed by atoms with Gasteiger partial charge in [0.2, 0.25) is 0 Å². The molecule has 0 spiro atoms. The lowest BCUT2D eigenvalue weighted by molar-refractivity contribution is -0.000823. The Balaban J connectivity index is 1.42. The van der Waals surface area contributed by atoms with Gasteiger partial charge in [0.05, 0.1) is 6.54 Å². The number of rotatable bonds is 5. The Labute approximate surface area is 148 Å². The number of para-hydroxylation sites is 1. The van der Waals surface area contributed by atoms with Crippen LogP contribution in [0.1, 0.15) is 26.6 Å². The predicted octanol–water partition coefficient (Wildman–Crippen LogP) is 2.22. The molecule has 0 atom stereocenters. The molecule has 1 N–H and O–H groups in total. The fourth-order valence-corrected chi connectivity index (χ4v) is 2.75. The molecule has 7 nitrogen and oxygen atoms in total. The highest BCUT2D eigenvalue weighted by atomic mass is 16.6. The third-order valence-electron chi connectivity index (χ3n) is 3.98. The minimum atomic E-state index is -0.443. The van der Waals surface area contributed by atoms with E-state index in [1.807, 2.05) is 55.7 Å². The van der Waals surface area contributed by atoms with Crippen molar-refractivity contribution in [1.29, 1.82) is 0 Å². The highest BCUT2D eigenvalue weighted by molar-refractivity contribution is 5.69.